The lowest BCUT2D eigenvalue weighted by Crippen LogP contribution is -2.47. The molecule has 1 fully saturated rings. The van der Waals surface area contributed by atoms with E-state index in [4.69, 9.17) is 4.74 Å². The van der Waals surface area contributed by atoms with Crippen molar-refractivity contribution in [1.82, 2.24) is 9.88 Å². The summed E-state index contributed by atoms with van der Waals surface area (Å²) >= 11 is 0. The van der Waals surface area contributed by atoms with Crippen molar-refractivity contribution in [3.05, 3.63) is 35.0 Å². The highest BCUT2D eigenvalue weighted by molar-refractivity contribution is 5.90. The van der Waals surface area contributed by atoms with Crippen LogP contribution in [0.15, 0.2) is 18.2 Å². The molecule has 1 aliphatic heterocycles. The topological polar surface area (TPSA) is 45.3 Å². The molecule has 21 heavy (non-hydrogen) atoms. The minimum atomic E-state index is 0.165. The number of fused-ring (bicyclic) bond motifs is 1. The number of aryl methyl sites for hydroxylation is 2. The number of carbonyl (C=O) groups is 1. The molecule has 112 valence electrons. The summed E-state index contributed by atoms with van der Waals surface area (Å²) in [5.41, 5.74) is 4.54. The Hall–Kier alpha value is -1.81. The zero-order valence-corrected chi connectivity index (χ0v) is 12.9. The Morgan fingerprint density at radius 1 is 1.43 bits per heavy atom. The van der Waals surface area contributed by atoms with E-state index in [9.17, 15) is 4.79 Å². The molecule has 1 amide bonds. The Morgan fingerprint density at radius 2 is 2.24 bits per heavy atom. The quantitative estimate of drug-likeness (QED) is 0.922. The van der Waals surface area contributed by atoms with Crippen molar-refractivity contribution in [3.8, 4) is 0 Å². The summed E-state index contributed by atoms with van der Waals surface area (Å²) in [6.07, 6.45) is 0.458. The second kappa shape index (κ2) is 5.53. The van der Waals surface area contributed by atoms with Gasteiger partial charge in [-0.25, -0.2) is 0 Å². The van der Waals surface area contributed by atoms with Gasteiger partial charge in [0, 0.05) is 23.1 Å². The van der Waals surface area contributed by atoms with Gasteiger partial charge in [0.1, 0.15) is 0 Å². The van der Waals surface area contributed by atoms with E-state index in [1.54, 1.807) is 0 Å². The summed E-state index contributed by atoms with van der Waals surface area (Å²) in [4.78, 5) is 17.9. The molecule has 1 unspecified atom stereocenters. The fourth-order valence-corrected chi connectivity index (χ4v) is 3.07. The van der Waals surface area contributed by atoms with E-state index >= 15 is 0 Å². The van der Waals surface area contributed by atoms with Gasteiger partial charge in [-0.05, 0) is 38.5 Å². The van der Waals surface area contributed by atoms with E-state index in [0.717, 1.165) is 16.8 Å². The molecule has 4 nitrogen and oxygen atoms in total. The number of nitrogens with one attached hydrogen (secondary N) is 1. The van der Waals surface area contributed by atoms with Crippen LogP contribution >= 0.6 is 0 Å². The minimum absolute atomic E-state index is 0.165. The molecule has 1 atom stereocenters. The van der Waals surface area contributed by atoms with E-state index in [2.05, 4.69) is 30.1 Å². The largest absolute Gasteiger partial charge is 0.377 e. The third-order valence-electron chi connectivity index (χ3n) is 4.29. The van der Waals surface area contributed by atoms with Gasteiger partial charge in [0.15, 0.2) is 0 Å². The molecule has 3 rings (SSSR count). The van der Waals surface area contributed by atoms with E-state index in [-0.39, 0.29) is 11.9 Å². The highest BCUT2D eigenvalue weighted by atomic mass is 16.5. The van der Waals surface area contributed by atoms with Crippen molar-refractivity contribution in [3.63, 3.8) is 0 Å². The number of ether oxygens (including phenoxy) is 1. The number of hydrogen-bond donors (Lipinski definition) is 1. The Balaban J connectivity index is 1.88. The standard InChI is InChI=1S/C17H22N2O2/c1-11-4-5-16-15(8-11)14(13(3)18-16)9-17(20)19-6-7-21-10-12(19)2/h4-5,8,12,18H,6-7,9-10H2,1-3H3. The van der Waals surface area contributed by atoms with Crippen LogP contribution in [0.1, 0.15) is 23.7 Å². The summed E-state index contributed by atoms with van der Waals surface area (Å²) in [7, 11) is 0. The number of H-pyrrole nitrogens is 1. The molecule has 1 N–H and O–H groups in total. The van der Waals surface area contributed by atoms with Crippen molar-refractivity contribution in [2.24, 2.45) is 0 Å². The summed E-state index contributed by atoms with van der Waals surface area (Å²) in [6, 6.07) is 6.50. The van der Waals surface area contributed by atoms with Crippen LogP contribution in [0.25, 0.3) is 10.9 Å². The first-order valence-corrected chi connectivity index (χ1v) is 7.51. The minimum Gasteiger partial charge on any atom is -0.377 e. The van der Waals surface area contributed by atoms with Gasteiger partial charge in [-0.1, -0.05) is 11.6 Å². The number of morpholine rings is 1. The molecule has 2 aromatic rings. The molecule has 0 bridgehead atoms. The third kappa shape index (κ3) is 2.68. The van der Waals surface area contributed by atoms with Crippen LogP contribution in [-0.2, 0) is 16.0 Å². The van der Waals surface area contributed by atoms with Crippen LogP contribution < -0.4 is 0 Å². The monoisotopic (exact) mass is 286 g/mol. The highest BCUT2D eigenvalue weighted by Gasteiger charge is 2.25. The molecule has 1 aromatic carbocycles. The molecule has 0 radical (unpaired) electrons. The van der Waals surface area contributed by atoms with Crippen LogP contribution in [0.4, 0.5) is 0 Å². The van der Waals surface area contributed by atoms with Gasteiger partial charge in [-0.15, -0.1) is 0 Å². The molecule has 1 aromatic heterocycles. The maximum absolute atomic E-state index is 12.6. The second-order valence-electron chi connectivity index (χ2n) is 5.97. The Morgan fingerprint density at radius 3 is 3.00 bits per heavy atom. The number of carbonyl (C=O) groups excluding carboxylic acids is 1. The zero-order chi connectivity index (χ0) is 15.0. The van der Waals surface area contributed by atoms with Gasteiger partial charge in [-0.2, -0.15) is 0 Å². The van der Waals surface area contributed by atoms with E-state index in [0.29, 0.717) is 26.2 Å². The van der Waals surface area contributed by atoms with Gasteiger partial charge in [0.2, 0.25) is 5.91 Å². The first-order valence-electron chi connectivity index (χ1n) is 7.51. The fraction of sp³-hybridized carbons (Fsp3) is 0.471. The lowest BCUT2D eigenvalue weighted by atomic mass is 10.0. The number of aromatic amines is 1. The van der Waals surface area contributed by atoms with Crippen LogP contribution in [0.3, 0.4) is 0 Å². The smallest absolute Gasteiger partial charge is 0.227 e. The molecule has 4 heteroatoms. The number of rotatable bonds is 2. The Labute approximate surface area is 125 Å². The number of benzene rings is 1. The van der Waals surface area contributed by atoms with Crippen LogP contribution in [0.2, 0.25) is 0 Å². The third-order valence-corrected chi connectivity index (χ3v) is 4.29. The molecule has 1 aliphatic rings. The number of hydrogen-bond acceptors (Lipinski definition) is 2. The predicted molar refractivity (Wildman–Crippen MR) is 83.5 cm³/mol. The van der Waals surface area contributed by atoms with E-state index < -0.39 is 0 Å². The van der Waals surface area contributed by atoms with Crippen LogP contribution in [0.5, 0.6) is 0 Å². The van der Waals surface area contributed by atoms with Crippen LogP contribution in [-0.4, -0.2) is 41.6 Å². The number of aromatic nitrogens is 1. The first-order chi connectivity index (χ1) is 10.1. The summed E-state index contributed by atoms with van der Waals surface area (Å²) in [5, 5.41) is 1.17. The normalized spacial score (nSPS) is 19.2. The molecule has 2 heterocycles. The molecular formula is C17H22N2O2. The summed E-state index contributed by atoms with van der Waals surface area (Å²) in [5.74, 6) is 0.191. The molecular weight excluding hydrogens is 264 g/mol. The summed E-state index contributed by atoms with van der Waals surface area (Å²) < 4.78 is 5.41. The Bertz CT molecular complexity index is 675. The first kappa shape index (κ1) is 14.1. The van der Waals surface area contributed by atoms with Crippen molar-refractivity contribution in [2.75, 3.05) is 19.8 Å². The average Bonchev–Trinajstić information content (AvgIpc) is 2.75. The second-order valence-corrected chi connectivity index (χ2v) is 5.97. The predicted octanol–water partition coefficient (Wildman–Crippen LogP) is 2.57. The maximum atomic E-state index is 12.6. The van der Waals surface area contributed by atoms with Crippen molar-refractivity contribution in [2.45, 2.75) is 33.2 Å². The lowest BCUT2D eigenvalue weighted by molar-refractivity contribution is -0.138. The van der Waals surface area contributed by atoms with Crippen molar-refractivity contribution >= 4 is 16.8 Å². The van der Waals surface area contributed by atoms with E-state index in [1.807, 2.05) is 18.7 Å². The average molecular weight is 286 g/mol. The number of amides is 1. The zero-order valence-electron chi connectivity index (χ0n) is 12.9. The Kier molecular flexibility index (Phi) is 3.72. The maximum Gasteiger partial charge on any atom is 0.227 e. The van der Waals surface area contributed by atoms with Gasteiger partial charge < -0.3 is 14.6 Å². The fourth-order valence-electron chi connectivity index (χ4n) is 3.07. The lowest BCUT2D eigenvalue weighted by Gasteiger charge is -2.33. The van der Waals surface area contributed by atoms with Gasteiger partial charge in [-0.3, -0.25) is 4.79 Å². The molecule has 1 saturated heterocycles. The SMILES string of the molecule is Cc1ccc2[nH]c(C)c(CC(=O)N3CCOCC3C)c2c1. The summed E-state index contributed by atoms with van der Waals surface area (Å²) in [6.45, 7) is 8.14. The van der Waals surface area contributed by atoms with Gasteiger partial charge >= 0.3 is 0 Å². The van der Waals surface area contributed by atoms with E-state index in [1.165, 1.54) is 10.9 Å². The molecule has 0 spiro atoms. The van der Waals surface area contributed by atoms with Crippen molar-refractivity contribution in [1.29, 1.82) is 0 Å². The highest BCUT2D eigenvalue weighted by Crippen LogP contribution is 2.24. The molecule has 0 aliphatic carbocycles. The van der Waals surface area contributed by atoms with Gasteiger partial charge in [0.05, 0.1) is 25.7 Å². The number of nitrogens with zero attached hydrogens (tertiary/aromatic N) is 1. The van der Waals surface area contributed by atoms with Gasteiger partial charge in [0.25, 0.3) is 0 Å². The molecule has 0 saturated carbocycles. The van der Waals surface area contributed by atoms with Crippen molar-refractivity contribution < 1.29 is 9.53 Å². The van der Waals surface area contributed by atoms with Crippen LogP contribution in [0, 0.1) is 13.8 Å².